The van der Waals surface area contributed by atoms with Crippen LogP contribution in [0.1, 0.15) is 36.2 Å². The molecule has 0 bridgehead atoms. The van der Waals surface area contributed by atoms with E-state index < -0.39 is 9.84 Å². The van der Waals surface area contributed by atoms with Gasteiger partial charge in [-0.05, 0) is 31.0 Å². The van der Waals surface area contributed by atoms with Crippen molar-refractivity contribution in [2.75, 3.05) is 0 Å². The second-order valence-electron chi connectivity index (χ2n) is 6.02. The molecule has 0 aliphatic carbocycles. The van der Waals surface area contributed by atoms with Crippen LogP contribution >= 0.6 is 22.9 Å². The van der Waals surface area contributed by atoms with Crippen LogP contribution in [0.4, 0.5) is 0 Å². The summed E-state index contributed by atoms with van der Waals surface area (Å²) in [5.41, 5.74) is 1.68. The molecule has 0 aliphatic heterocycles. The van der Waals surface area contributed by atoms with E-state index in [-0.39, 0.29) is 11.5 Å². The monoisotopic (exact) mass is 410 g/mol. The third-order valence-corrected chi connectivity index (χ3v) is 6.37. The summed E-state index contributed by atoms with van der Waals surface area (Å²) in [6.07, 6.45) is 4.42. The Morgan fingerprint density at radius 3 is 2.77 bits per heavy atom. The molecule has 0 saturated heterocycles. The molecular formula is C18H19ClN2O3S2. The second-order valence-corrected chi connectivity index (χ2v) is 9.47. The number of halogens is 1. The summed E-state index contributed by atoms with van der Waals surface area (Å²) < 4.78 is 30.3. The summed E-state index contributed by atoms with van der Waals surface area (Å²) >= 11 is 7.48. The van der Waals surface area contributed by atoms with E-state index in [1.165, 1.54) is 17.6 Å². The zero-order valence-electron chi connectivity index (χ0n) is 14.3. The molecule has 0 fully saturated rings. The number of hydrogen-bond acceptors (Lipinski definition) is 6. The number of aryl methyl sites for hydroxylation is 1. The highest BCUT2D eigenvalue weighted by molar-refractivity contribution is 7.89. The van der Waals surface area contributed by atoms with Gasteiger partial charge in [0.25, 0.3) is 0 Å². The lowest BCUT2D eigenvalue weighted by Gasteiger charge is -1.99. The van der Waals surface area contributed by atoms with Gasteiger partial charge >= 0.3 is 0 Å². The molecule has 8 heteroatoms. The molecule has 1 aromatic carbocycles. The molecule has 0 spiro atoms. The van der Waals surface area contributed by atoms with Crippen LogP contribution in [0.2, 0.25) is 5.02 Å². The topological polar surface area (TPSA) is 73.1 Å². The number of unbranched alkanes of at least 4 members (excludes halogenated alkanes) is 1. The van der Waals surface area contributed by atoms with Gasteiger partial charge in [0.1, 0.15) is 6.26 Å². The highest BCUT2D eigenvalue weighted by atomic mass is 35.5. The molecule has 0 N–H and O–H groups in total. The molecular weight excluding hydrogens is 392 g/mol. The second kappa shape index (κ2) is 8.33. The summed E-state index contributed by atoms with van der Waals surface area (Å²) in [5.74, 6) is 0.0849. The lowest BCUT2D eigenvalue weighted by atomic mass is 10.2. The maximum absolute atomic E-state index is 12.5. The lowest BCUT2D eigenvalue weighted by Crippen LogP contribution is -2.08. The van der Waals surface area contributed by atoms with Crippen molar-refractivity contribution in [1.82, 2.24) is 9.97 Å². The Bertz CT molecular complexity index is 980. The van der Waals surface area contributed by atoms with Crippen molar-refractivity contribution in [2.24, 2.45) is 0 Å². The largest absolute Gasteiger partial charge is 0.444 e. The standard InChI is InChI=1S/C18H19ClN2O3S2/c1-2-3-7-17-20-16(10-25-17)12-26(22,23)11-15-9-24-18(21-15)13-5-4-6-14(19)8-13/h4-6,8-10H,2-3,7,11-12H2,1H3. The summed E-state index contributed by atoms with van der Waals surface area (Å²) in [4.78, 5) is 8.69. The molecule has 0 unspecified atom stereocenters. The summed E-state index contributed by atoms with van der Waals surface area (Å²) in [5, 5.41) is 3.38. The first kappa shape index (κ1) is 19.1. The third kappa shape index (κ3) is 5.16. The first-order valence-electron chi connectivity index (χ1n) is 8.29. The Labute approximate surface area is 162 Å². The van der Waals surface area contributed by atoms with E-state index in [0.717, 1.165) is 24.3 Å². The normalized spacial score (nSPS) is 11.8. The van der Waals surface area contributed by atoms with Gasteiger partial charge in [0.2, 0.25) is 5.89 Å². The summed E-state index contributed by atoms with van der Waals surface area (Å²) in [6, 6.07) is 7.07. The summed E-state index contributed by atoms with van der Waals surface area (Å²) in [7, 11) is -3.38. The number of oxazole rings is 1. The Morgan fingerprint density at radius 1 is 1.19 bits per heavy atom. The molecule has 0 aliphatic rings. The third-order valence-electron chi connectivity index (χ3n) is 3.70. The molecule has 0 saturated carbocycles. The average Bonchev–Trinajstić information content (AvgIpc) is 3.21. The van der Waals surface area contributed by atoms with Crippen LogP contribution in [-0.4, -0.2) is 18.4 Å². The summed E-state index contributed by atoms with van der Waals surface area (Å²) in [6.45, 7) is 2.12. The van der Waals surface area contributed by atoms with Crippen molar-refractivity contribution in [2.45, 2.75) is 37.7 Å². The van der Waals surface area contributed by atoms with E-state index >= 15 is 0 Å². The van der Waals surface area contributed by atoms with Crippen LogP contribution in [0.25, 0.3) is 11.5 Å². The van der Waals surface area contributed by atoms with E-state index in [4.69, 9.17) is 16.0 Å². The number of hydrogen-bond donors (Lipinski definition) is 0. The quantitative estimate of drug-likeness (QED) is 0.527. The molecule has 138 valence electrons. The van der Waals surface area contributed by atoms with Gasteiger partial charge in [0, 0.05) is 16.0 Å². The number of aromatic nitrogens is 2. The van der Waals surface area contributed by atoms with Gasteiger partial charge in [0.15, 0.2) is 9.84 Å². The fourth-order valence-corrected chi connectivity index (χ4v) is 4.91. The Morgan fingerprint density at radius 2 is 2.00 bits per heavy atom. The number of nitrogens with zero attached hydrogens (tertiary/aromatic N) is 2. The van der Waals surface area contributed by atoms with Crippen molar-refractivity contribution in [3.63, 3.8) is 0 Å². The first-order valence-corrected chi connectivity index (χ1v) is 11.4. The van der Waals surface area contributed by atoms with Crippen LogP contribution in [-0.2, 0) is 27.8 Å². The Hall–Kier alpha value is -1.70. The molecule has 2 aromatic heterocycles. The minimum absolute atomic E-state index is 0.0883. The highest BCUT2D eigenvalue weighted by Crippen LogP contribution is 2.23. The minimum atomic E-state index is -3.38. The van der Waals surface area contributed by atoms with Crippen molar-refractivity contribution in [3.05, 3.63) is 57.3 Å². The van der Waals surface area contributed by atoms with Gasteiger partial charge in [-0.3, -0.25) is 0 Å². The smallest absolute Gasteiger partial charge is 0.226 e. The molecule has 0 atom stereocenters. The number of sulfone groups is 1. The van der Waals surface area contributed by atoms with Crippen molar-refractivity contribution in [1.29, 1.82) is 0 Å². The fourth-order valence-electron chi connectivity index (χ4n) is 2.49. The van der Waals surface area contributed by atoms with Crippen LogP contribution in [0.3, 0.4) is 0 Å². The van der Waals surface area contributed by atoms with Gasteiger partial charge in [-0.1, -0.05) is 31.0 Å². The van der Waals surface area contributed by atoms with Gasteiger partial charge in [-0.25, -0.2) is 18.4 Å². The first-order chi connectivity index (χ1) is 12.4. The molecule has 26 heavy (non-hydrogen) atoms. The average molecular weight is 411 g/mol. The maximum Gasteiger partial charge on any atom is 0.226 e. The van der Waals surface area contributed by atoms with Crippen molar-refractivity contribution < 1.29 is 12.8 Å². The number of thiazole rings is 1. The predicted octanol–water partition coefficient (Wildman–Crippen LogP) is 4.91. The van der Waals surface area contributed by atoms with Crippen LogP contribution in [0.15, 0.2) is 40.3 Å². The van der Waals surface area contributed by atoms with Crippen LogP contribution in [0.5, 0.6) is 0 Å². The fraction of sp³-hybridized carbons (Fsp3) is 0.333. The molecule has 2 heterocycles. The van der Waals surface area contributed by atoms with Crippen molar-refractivity contribution in [3.8, 4) is 11.5 Å². The van der Waals surface area contributed by atoms with Crippen molar-refractivity contribution >= 4 is 32.8 Å². The SMILES string of the molecule is CCCCc1nc(CS(=O)(=O)Cc2coc(-c3cccc(Cl)c3)n2)cs1. The Balaban J connectivity index is 1.67. The van der Waals surface area contributed by atoms with E-state index in [9.17, 15) is 8.42 Å². The minimum Gasteiger partial charge on any atom is -0.444 e. The molecule has 5 nitrogen and oxygen atoms in total. The molecule has 0 amide bonds. The Kier molecular flexibility index (Phi) is 6.11. The van der Waals surface area contributed by atoms with E-state index in [1.807, 2.05) is 11.4 Å². The molecule has 3 rings (SSSR count). The zero-order valence-corrected chi connectivity index (χ0v) is 16.7. The highest BCUT2D eigenvalue weighted by Gasteiger charge is 2.18. The van der Waals surface area contributed by atoms with Gasteiger partial charge in [-0.15, -0.1) is 11.3 Å². The van der Waals surface area contributed by atoms with E-state index in [2.05, 4.69) is 16.9 Å². The van der Waals surface area contributed by atoms with Gasteiger partial charge in [0.05, 0.1) is 27.9 Å². The zero-order chi connectivity index (χ0) is 18.6. The van der Waals surface area contributed by atoms with Crippen LogP contribution < -0.4 is 0 Å². The number of rotatable bonds is 8. The molecule has 3 aromatic rings. The van der Waals surface area contributed by atoms with E-state index in [0.29, 0.717) is 27.9 Å². The van der Waals surface area contributed by atoms with Gasteiger partial charge in [-0.2, -0.15) is 0 Å². The van der Waals surface area contributed by atoms with Gasteiger partial charge < -0.3 is 4.42 Å². The predicted molar refractivity (Wildman–Crippen MR) is 104 cm³/mol. The van der Waals surface area contributed by atoms with E-state index in [1.54, 1.807) is 18.2 Å². The maximum atomic E-state index is 12.5. The van der Waals surface area contributed by atoms with Crippen LogP contribution in [0, 0.1) is 0 Å². The lowest BCUT2D eigenvalue weighted by molar-refractivity contribution is 0.571. The number of benzene rings is 1. The molecule has 0 radical (unpaired) electrons.